The summed E-state index contributed by atoms with van der Waals surface area (Å²) in [6.45, 7) is 3.73. The van der Waals surface area contributed by atoms with Gasteiger partial charge < -0.3 is 15.0 Å². The fraction of sp³-hybridized carbons (Fsp3) is 0.316. The number of nitrogens with zero attached hydrogens (tertiary/aromatic N) is 2. The van der Waals surface area contributed by atoms with Crippen LogP contribution in [0.5, 0.6) is 0 Å². The van der Waals surface area contributed by atoms with Crippen molar-refractivity contribution in [3.05, 3.63) is 53.9 Å². The average Bonchev–Trinajstić information content (AvgIpc) is 3.17. The van der Waals surface area contributed by atoms with Crippen LogP contribution in [-0.4, -0.2) is 41.5 Å². The first kappa shape index (κ1) is 17.0. The molecule has 0 radical (unpaired) electrons. The van der Waals surface area contributed by atoms with Gasteiger partial charge in [0.15, 0.2) is 0 Å². The van der Waals surface area contributed by atoms with Crippen LogP contribution >= 0.6 is 0 Å². The Balaban J connectivity index is 1.69. The Morgan fingerprint density at radius 1 is 1.12 bits per heavy atom. The number of carbonyl (C=O) groups excluding carboxylic acids is 2. The van der Waals surface area contributed by atoms with Crippen LogP contribution in [0.4, 0.5) is 11.4 Å². The van der Waals surface area contributed by atoms with Gasteiger partial charge in [0.2, 0.25) is 0 Å². The van der Waals surface area contributed by atoms with E-state index < -0.39 is 0 Å². The number of hydrogen-bond acceptors (Lipinski definition) is 5. The van der Waals surface area contributed by atoms with Gasteiger partial charge in [-0.3, -0.25) is 9.78 Å². The predicted octanol–water partition coefficient (Wildman–Crippen LogP) is 3.24. The molecule has 1 aliphatic rings. The molecule has 2 heterocycles. The molecule has 3 rings (SSSR count). The third-order valence-electron chi connectivity index (χ3n) is 4.06. The lowest BCUT2D eigenvalue weighted by Gasteiger charge is -2.15. The lowest BCUT2D eigenvalue weighted by Crippen LogP contribution is -2.28. The number of likely N-dealkylation sites (tertiary alicyclic amines) is 1. The third-order valence-corrected chi connectivity index (χ3v) is 4.06. The zero-order valence-corrected chi connectivity index (χ0v) is 14.2. The molecule has 0 spiro atoms. The van der Waals surface area contributed by atoms with Gasteiger partial charge in [0, 0.05) is 30.7 Å². The molecule has 130 valence electrons. The van der Waals surface area contributed by atoms with Gasteiger partial charge in [-0.05, 0) is 56.2 Å². The predicted molar refractivity (Wildman–Crippen MR) is 95.1 cm³/mol. The number of hydrogen-bond donors (Lipinski definition) is 1. The topological polar surface area (TPSA) is 71.5 Å². The largest absolute Gasteiger partial charge is 0.462 e. The van der Waals surface area contributed by atoms with Gasteiger partial charge in [-0.15, -0.1) is 0 Å². The van der Waals surface area contributed by atoms with Crippen molar-refractivity contribution in [1.82, 2.24) is 9.88 Å². The molecule has 6 heteroatoms. The second-order valence-electron chi connectivity index (χ2n) is 5.85. The van der Waals surface area contributed by atoms with Crippen molar-refractivity contribution in [2.75, 3.05) is 25.0 Å². The van der Waals surface area contributed by atoms with Crippen LogP contribution in [0.25, 0.3) is 0 Å². The van der Waals surface area contributed by atoms with Crippen molar-refractivity contribution in [3.8, 4) is 0 Å². The van der Waals surface area contributed by atoms with E-state index in [0.717, 1.165) is 37.3 Å². The fourth-order valence-corrected chi connectivity index (χ4v) is 2.78. The van der Waals surface area contributed by atoms with Gasteiger partial charge in [0.1, 0.15) is 5.69 Å². The van der Waals surface area contributed by atoms with Crippen LogP contribution in [0, 0.1) is 0 Å². The minimum absolute atomic E-state index is 0.0289. The van der Waals surface area contributed by atoms with E-state index in [9.17, 15) is 9.59 Å². The maximum atomic E-state index is 12.4. The summed E-state index contributed by atoms with van der Waals surface area (Å²) >= 11 is 0. The number of benzene rings is 1. The normalized spacial score (nSPS) is 13.6. The number of amides is 1. The van der Waals surface area contributed by atoms with E-state index in [-0.39, 0.29) is 11.9 Å². The van der Waals surface area contributed by atoms with E-state index in [2.05, 4.69) is 10.3 Å². The molecule has 0 aliphatic carbocycles. The summed E-state index contributed by atoms with van der Waals surface area (Å²) < 4.78 is 4.97. The van der Waals surface area contributed by atoms with Gasteiger partial charge in [-0.1, -0.05) is 0 Å². The smallest absolute Gasteiger partial charge is 0.338 e. The van der Waals surface area contributed by atoms with Crippen LogP contribution in [0.15, 0.2) is 42.6 Å². The number of nitrogens with one attached hydrogen (secondary N) is 1. The molecule has 0 unspecified atom stereocenters. The molecule has 1 fully saturated rings. The Bertz CT molecular complexity index is 753. The first-order valence-corrected chi connectivity index (χ1v) is 8.47. The second-order valence-corrected chi connectivity index (χ2v) is 5.85. The van der Waals surface area contributed by atoms with Gasteiger partial charge in [-0.2, -0.15) is 0 Å². The molecule has 6 nitrogen and oxygen atoms in total. The van der Waals surface area contributed by atoms with Crippen LogP contribution in [0.2, 0.25) is 0 Å². The summed E-state index contributed by atoms with van der Waals surface area (Å²) in [5.41, 5.74) is 2.54. The number of anilines is 2. The van der Waals surface area contributed by atoms with Gasteiger partial charge in [-0.25, -0.2) is 4.79 Å². The lowest BCUT2D eigenvalue weighted by atomic mass is 10.2. The van der Waals surface area contributed by atoms with E-state index in [1.807, 2.05) is 4.90 Å². The highest BCUT2D eigenvalue weighted by molar-refractivity contribution is 5.93. The molecule has 1 N–H and O–H groups in total. The SMILES string of the molecule is CCOC(=O)c1ccc(Nc2ccnc(C(=O)N3CCCC3)c2)cc1. The number of ether oxygens (including phenoxy) is 1. The zero-order chi connectivity index (χ0) is 17.6. The van der Waals surface area contributed by atoms with E-state index in [0.29, 0.717) is 17.9 Å². The number of esters is 1. The lowest BCUT2D eigenvalue weighted by molar-refractivity contribution is 0.0526. The van der Waals surface area contributed by atoms with E-state index >= 15 is 0 Å². The Hall–Kier alpha value is -2.89. The van der Waals surface area contributed by atoms with Crippen molar-refractivity contribution >= 4 is 23.3 Å². The number of rotatable bonds is 5. The monoisotopic (exact) mass is 339 g/mol. The van der Waals surface area contributed by atoms with Gasteiger partial charge in [0.25, 0.3) is 5.91 Å². The standard InChI is InChI=1S/C19H21N3O3/c1-2-25-19(24)14-5-7-15(8-6-14)21-16-9-10-20-17(13-16)18(23)22-11-3-4-12-22/h5-10,13H,2-4,11-12H2,1H3,(H,20,21). The quantitative estimate of drug-likeness (QED) is 0.847. The average molecular weight is 339 g/mol. The van der Waals surface area contributed by atoms with Crippen LogP contribution in [-0.2, 0) is 4.74 Å². The van der Waals surface area contributed by atoms with Crippen molar-refractivity contribution in [1.29, 1.82) is 0 Å². The Morgan fingerprint density at radius 3 is 2.52 bits per heavy atom. The zero-order valence-electron chi connectivity index (χ0n) is 14.2. The Labute approximate surface area is 146 Å². The van der Waals surface area contributed by atoms with Crippen molar-refractivity contribution in [3.63, 3.8) is 0 Å². The maximum absolute atomic E-state index is 12.4. The molecule has 0 atom stereocenters. The summed E-state index contributed by atoms with van der Waals surface area (Å²) in [6.07, 6.45) is 3.73. The highest BCUT2D eigenvalue weighted by atomic mass is 16.5. The van der Waals surface area contributed by atoms with Crippen molar-refractivity contribution in [2.24, 2.45) is 0 Å². The molecule has 1 amide bonds. The molecule has 1 aromatic heterocycles. The molecule has 25 heavy (non-hydrogen) atoms. The minimum atomic E-state index is -0.337. The highest BCUT2D eigenvalue weighted by Crippen LogP contribution is 2.19. The van der Waals surface area contributed by atoms with E-state index in [1.165, 1.54) is 0 Å². The van der Waals surface area contributed by atoms with E-state index in [1.54, 1.807) is 49.5 Å². The summed E-state index contributed by atoms with van der Waals surface area (Å²) in [4.78, 5) is 30.1. The fourth-order valence-electron chi connectivity index (χ4n) is 2.78. The number of pyridine rings is 1. The molecule has 1 aromatic carbocycles. The van der Waals surface area contributed by atoms with Crippen molar-refractivity contribution < 1.29 is 14.3 Å². The third kappa shape index (κ3) is 4.15. The first-order valence-electron chi connectivity index (χ1n) is 8.47. The molecule has 0 bridgehead atoms. The van der Waals surface area contributed by atoms with E-state index in [4.69, 9.17) is 4.74 Å². The molecule has 1 saturated heterocycles. The Morgan fingerprint density at radius 2 is 1.84 bits per heavy atom. The second kappa shape index (κ2) is 7.79. The van der Waals surface area contributed by atoms with Crippen molar-refractivity contribution in [2.45, 2.75) is 19.8 Å². The molecule has 2 aromatic rings. The summed E-state index contributed by atoms with van der Waals surface area (Å²) in [6, 6.07) is 10.6. The minimum Gasteiger partial charge on any atom is -0.462 e. The molecule has 1 aliphatic heterocycles. The summed E-state index contributed by atoms with van der Waals surface area (Å²) in [5.74, 6) is -0.365. The van der Waals surface area contributed by atoms with Gasteiger partial charge in [0.05, 0.1) is 12.2 Å². The molecule has 0 saturated carbocycles. The maximum Gasteiger partial charge on any atom is 0.338 e. The van der Waals surface area contributed by atoms with Gasteiger partial charge >= 0.3 is 5.97 Å². The molecular weight excluding hydrogens is 318 g/mol. The highest BCUT2D eigenvalue weighted by Gasteiger charge is 2.20. The first-order chi connectivity index (χ1) is 12.2. The molecular formula is C19H21N3O3. The Kier molecular flexibility index (Phi) is 5.28. The van der Waals surface area contributed by atoms with Crippen LogP contribution in [0.1, 0.15) is 40.6 Å². The summed E-state index contributed by atoms with van der Waals surface area (Å²) in [5, 5.41) is 3.23. The summed E-state index contributed by atoms with van der Waals surface area (Å²) in [7, 11) is 0. The number of carbonyl (C=O) groups is 2. The van der Waals surface area contributed by atoms with Crippen LogP contribution in [0.3, 0.4) is 0 Å². The number of aromatic nitrogens is 1. The van der Waals surface area contributed by atoms with Crippen LogP contribution < -0.4 is 5.32 Å².